The number of hydrogen-bond donors (Lipinski definition) is 3. The molecule has 2 aromatic carbocycles. The molecule has 3 aromatic rings. The van der Waals surface area contributed by atoms with Gasteiger partial charge in [-0.25, -0.2) is 4.39 Å². The average molecular weight is 444 g/mol. The number of rotatable bonds is 4. The Morgan fingerprint density at radius 2 is 1.82 bits per heavy atom. The van der Waals surface area contributed by atoms with E-state index in [0.717, 1.165) is 16.8 Å². The van der Waals surface area contributed by atoms with Crippen LogP contribution in [0.2, 0.25) is 0 Å². The number of H-pyrrole nitrogens is 1. The zero-order chi connectivity index (χ0) is 23.3. The maximum Gasteiger partial charge on any atom is 0.310 e. The van der Waals surface area contributed by atoms with Crippen LogP contribution in [0.25, 0.3) is 22.8 Å². The number of aromatic amines is 1. The molecule has 0 bridgehead atoms. The van der Waals surface area contributed by atoms with Gasteiger partial charge in [-0.15, -0.1) is 0 Å². The Balaban J connectivity index is 1.65. The van der Waals surface area contributed by atoms with E-state index in [0.29, 0.717) is 52.9 Å². The molecule has 0 saturated heterocycles. The van der Waals surface area contributed by atoms with Gasteiger partial charge in [-0.05, 0) is 61.2 Å². The molecule has 6 nitrogen and oxygen atoms in total. The third kappa shape index (κ3) is 3.55. The highest BCUT2D eigenvalue weighted by Gasteiger charge is 2.32. The van der Waals surface area contributed by atoms with Crippen molar-refractivity contribution in [2.75, 3.05) is 5.32 Å². The minimum absolute atomic E-state index is 0.0740. The number of hydrogen-bond acceptors (Lipinski definition) is 3. The summed E-state index contributed by atoms with van der Waals surface area (Å²) in [5.41, 5.74) is 5.35. The Bertz CT molecular complexity index is 1350. The summed E-state index contributed by atoms with van der Waals surface area (Å²) in [4.78, 5) is 40.5. The van der Waals surface area contributed by atoms with Gasteiger partial charge in [0.2, 0.25) is 0 Å². The van der Waals surface area contributed by atoms with E-state index in [9.17, 15) is 23.9 Å². The molecule has 0 spiro atoms. The molecule has 1 aliphatic heterocycles. The quantitative estimate of drug-likeness (QED) is 0.492. The molecule has 2 aliphatic rings. The van der Waals surface area contributed by atoms with Crippen LogP contribution in [0.1, 0.15) is 58.6 Å². The largest absolute Gasteiger partial charge is 0.481 e. The van der Waals surface area contributed by atoms with E-state index in [1.165, 1.54) is 12.1 Å². The number of carboxylic acids is 1. The second kappa shape index (κ2) is 7.85. The van der Waals surface area contributed by atoms with E-state index in [2.05, 4.69) is 10.3 Å². The molecule has 1 unspecified atom stereocenters. The fourth-order valence-electron chi connectivity index (χ4n) is 4.63. The van der Waals surface area contributed by atoms with Gasteiger partial charge in [0.05, 0.1) is 11.5 Å². The maximum absolute atomic E-state index is 13.3. The Kier molecular flexibility index (Phi) is 4.96. The maximum atomic E-state index is 13.3. The summed E-state index contributed by atoms with van der Waals surface area (Å²) in [6.45, 7) is 1.55. The Morgan fingerprint density at radius 1 is 1.09 bits per heavy atom. The fraction of sp³-hybridized carbons (Fsp3) is 0.192. The highest BCUT2D eigenvalue weighted by atomic mass is 19.1. The molecule has 0 fully saturated rings. The predicted molar refractivity (Wildman–Crippen MR) is 122 cm³/mol. The number of carbonyl (C=O) groups excluding carboxylic acids is 2. The topological polar surface area (TPSA) is 99.3 Å². The van der Waals surface area contributed by atoms with Crippen molar-refractivity contribution < 1.29 is 23.9 Å². The van der Waals surface area contributed by atoms with Gasteiger partial charge in [0.1, 0.15) is 5.82 Å². The predicted octanol–water partition coefficient (Wildman–Crippen LogP) is 5.02. The first kappa shape index (κ1) is 20.9. The first-order valence-corrected chi connectivity index (χ1v) is 10.8. The summed E-state index contributed by atoms with van der Waals surface area (Å²) < 4.78 is 13.3. The number of aromatic nitrogens is 1. The monoisotopic (exact) mass is 444 g/mol. The normalized spacial score (nSPS) is 17.0. The molecule has 2 heterocycles. The van der Waals surface area contributed by atoms with Gasteiger partial charge in [-0.1, -0.05) is 18.2 Å². The lowest BCUT2D eigenvalue weighted by Crippen LogP contribution is -2.15. The molecule has 3 N–H and O–H groups in total. The standard InChI is InChI=1S/C26H21FN2O4/c1-13(26(32)33)23-21(28-20-3-2-4-22(30)24(20)23)12-18-17-11-15(7-10-19(17)29-25(18)31)14-5-8-16(27)9-6-14/h5-13,28H,2-4H2,1H3,(H,29,31)(H,32,33)/b18-12-. The lowest BCUT2D eigenvalue weighted by Gasteiger charge is -2.14. The van der Waals surface area contributed by atoms with Crippen molar-refractivity contribution in [3.05, 3.63) is 76.4 Å². The summed E-state index contributed by atoms with van der Waals surface area (Å²) in [6, 6.07) is 11.6. The van der Waals surface area contributed by atoms with Gasteiger partial charge in [0.15, 0.2) is 5.78 Å². The van der Waals surface area contributed by atoms with Crippen LogP contribution in [-0.4, -0.2) is 27.8 Å². The van der Waals surface area contributed by atoms with Gasteiger partial charge < -0.3 is 15.4 Å². The zero-order valence-electron chi connectivity index (χ0n) is 17.9. The number of aryl methyl sites for hydroxylation is 1. The van der Waals surface area contributed by atoms with Crippen molar-refractivity contribution in [1.29, 1.82) is 0 Å². The van der Waals surface area contributed by atoms with Crippen LogP contribution in [0.5, 0.6) is 0 Å². The van der Waals surface area contributed by atoms with Crippen molar-refractivity contribution >= 4 is 35.0 Å². The molecule has 166 valence electrons. The van der Waals surface area contributed by atoms with Crippen LogP contribution < -0.4 is 5.32 Å². The minimum Gasteiger partial charge on any atom is -0.481 e. The molecule has 1 amide bonds. The first-order chi connectivity index (χ1) is 15.8. The van der Waals surface area contributed by atoms with E-state index >= 15 is 0 Å². The summed E-state index contributed by atoms with van der Waals surface area (Å²) >= 11 is 0. The molecule has 5 rings (SSSR count). The van der Waals surface area contributed by atoms with Crippen LogP contribution in [0, 0.1) is 5.82 Å². The average Bonchev–Trinajstić information content (AvgIpc) is 3.31. The lowest BCUT2D eigenvalue weighted by molar-refractivity contribution is -0.138. The summed E-state index contributed by atoms with van der Waals surface area (Å²) in [6.07, 6.45) is 3.37. The van der Waals surface area contributed by atoms with E-state index in [4.69, 9.17) is 0 Å². The first-order valence-electron chi connectivity index (χ1n) is 10.8. The molecule has 0 radical (unpaired) electrons. The lowest BCUT2D eigenvalue weighted by atomic mass is 9.87. The van der Waals surface area contributed by atoms with Crippen molar-refractivity contribution in [1.82, 2.24) is 4.98 Å². The third-order valence-corrected chi connectivity index (χ3v) is 6.33. The van der Waals surface area contributed by atoms with Crippen LogP contribution in [0.15, 0.2) is 42.5 Å². The summed E-state index contributed by atoms with van der Waals surface area (Å²) in [5, 5.41) is 12.5. The smallest absolute Gasteiger partial charge is 0.310 e. The number of fused-ring (bicyclic) bond motifs is 2. The molecule has 1 atom stereocenters. The highest BCUT2D eigenvalue weighted by molar-refractivity contribution is 6.35. The number of nitrogens with one attached hydrogen (secondary N) is 2. The van der Waals surface area contributed by atoms with Gasteiger partial charge in [-0.2, -0.15) is 0 Å². The number of aliphatic carboxylic acids is 1. The van der Waals surface area contributed by atoms with Crippen LogP contribution >= 0.6 is 0 Å². The number of amides is 1. The number of benzene rings is 2. The Hall–Kier alpha value is -4.00. The Labute approximate surface area is 189 Å². The van der Waals surface area contributed by atoms with Gasteiger partial charge in [-0.3, -0.25) is 14.4 Å². The van der Waals surface area contributed by atoms with Crippen molar-refractivity contribution in [3.63, 3.8) is 0 Å². The second-order valence-corrected chi connectivity index (χ2v) is 8.42. The van der Waals surface area contributed by atoms with Crippen LogP contribution in [-0.2, 0) is 16.0 Å². The van der Waals surface area contributed by atoms with Gasteiger partial charge >= 0.3 is 5.97 Å². The number of carbonyl (C=O) groups is 3. The fourth-order valence-corrected chi connectivity index (χ4v) is 4.63. The van der Waals surface area contributed by atoms with Crippen molar-refractivity contribution in [2.45, 2.75) is 32.1 Å². The van der Waals surface area contributed by atoms with Gasteiger partial charge in [0.25, 0.3) is 5.91 Å². The molecular formula is C26H21FN2O4. The van der Waals surface area contributed by atoms with E-state index in [1.807, 2.05) is 12.1 Å². The molecule has 0 saturated carbocycles. The second-order valence-electron chi connectivity index (χ2n) is 8.42. The van der Waals surface area contributed by atoms with Gasteiger partial charge in [0, 0.05) is 40.2 Å². The van der Waals surface area contributed by atoms with E-state index < -0.39 is 11.9 Å². The molecule has 33 heavy (non-hydrogen) atoms. The van der Waals surface area contributed by atoms with Crippen LogP contribution in [0.3, 0.4) is 0 Å². The Morgan fingerprint density at radius 3 is 2.55 bits per heavy atom. The third-order valence-electron chi connectivity index (χ3n) is 6.33. The molecular weight excluding hydrogens is 423 g/mol. The number of halogens is 1. The number of carboxylic acid groups (broad SMARTS) is 1. The zero-order valence-corrected chi connectivity index (χ0v) is 17.9. The molecule has 7 heteroatoms. The number of Topliss-reactive ketones (excluding diaryl/α,β-unsaturated/α-hetero) is 1. The van der Waals surface area contributed by atoms with E-state index in [1.54, 1.807) is 31.2 Å². The highest BCUT2D eigenvalue weighted by Crippen LogP contribution is 2.39. The van der Waals surface area contributed by atoms with Crippen molar-refractivity contribution in [2.24, 2.45) is 0 Å². The number of anilines is 1. The minimum atomic E-state index is -1.04. The molecule has 1 aliphatic carbocycles. The van der Waals surface area contributed by atoms with Crippen LogP contribution in [0.4, 0.5) is 10.1 Å². The molecule has 1 aromatic heterocycles. The number of ketones is 1. The van der Waals surface area contributed by atoms with E-state index in [-0.39, 0.29) is 17.5 Å². The summed E-state index contributed by atoms with van der Waals surface area (Å²) in [7, 11) is 0. The van der Waals surface area contributed by atoms with Crippen molar-refractivity contribution in [3.8, 4) is 11.1 Å². The summed E-state index contributed by atoms with van der Waals surface area (Å²) in [5.74, 6) is -2.66. The SMILES string of the molecule is CC(C(=O)O)c1c(/C=C2\C(=O)Nc3ccc(-c4ccc(F)cc4)cc32)[nH]c2c1C(=O)CCC2.